The largest absolute Gasteiger partial charge is 0.508 e. The van der Waals surface area contributed by atoms with Gasteiger partial charge in [0, 0.05) is 29.3 Å². The molecule has 0 aromatic heterocycles. The van der Waals surface area contributed by atoms with E-state index in [9.17, 15) is 10.2 Å². The molecule has 1 atom stereocenters. The van der Waals surface area contributed by atoms with Crippen LogP contribution in [0.1, 0.15) is 55.2 Å². The minimum atomic E-state index is 0.128. The van der Waals surface area contributed by atoms with Gasteiger partial charge in [-0.25, -0.2) is 0 Å². The molecular formula is C30H35N2O3+. The van der Waals surface area contributed by atoms with Crippen molar-refractivity contribution in [3.63, 3.8) is 0 Å². The number of rotatable bonds is 7. The Bertz CT molecular complexity index is 1180. The van der Waals surface area contributed by atoms with Gasteiger partial charge in [0.2, 0.25) is 5.69 Å². The summed E-state index contributed by atoms with van der Waals surface area (Å²) in [5.41, 5.74) is 5.65. The maximum absolute atomic E-state index is 10.1. The zero-order valence-corrected chi connectivity index (χ0v) is 20.5. The molecule has 2 heterocycles. The number of hydrogen-bond acceptors (Lipinski definition) is 4. The molecule has 2 N–H and O–H groups in total. The molecule has 0 bridgehead atoms. The molecule has 3 aromatic rings. The fraction of sp³-hybridized carbons (Fsp3) is 0.367. The Hall–Kier alpha value is -3.31. The van der Waals surface area contributed by atoms with Crippen LogP contribution in [0.3, 0.4) is 0 Å². The van der Waals surface area contributed by atoms with E-state index in [-0.39, 0.29) is 17.4 Å². The molecule has 1 fully saturated rings. The van der Waals surface area contributed by atoms with Gasteiger partial charge in [0.1, 0.15) is 23.9 Å². The summed E-state index contributed by atoms with van der Waals surface area (Å²) in [5, 5.41) is 19.9. The molecule has 0 aliphatic carbocycles. The average molecular weight is 472 g/mol. The Kier molecular flexibility index (Phi) is 7.05. The number of fused-ring (bicyclic) bond motifs is 1. The lowest BCUT2D eigenvalue weighted by Gasteiger charge is -2.19. The molecule has 5 nitrogen and oxygen atoms in total. The Morgan fingerprint density at radius 2 is 1.54 bits per heavy atom. The average Bonchev–Trinajstić information content (AvgIpc) is 3.01. The summed E-state index contributed by atoms with van der Waals surface area (Å²) >= 11 is 0. The van der Waals surface area contributed by atoms with Crippen molar-refractivity contribution < 1.29 is 19.5 Å². The summed E-state index contributed by atoms with van der Waals surface area (Å²) in [6, 6.07) is 21.4. The zero-order valence-electron chi connectivity index (χ0n) is 20.5. The van der Waals surface area contributed by atoms with Crippen LogP contribution in [-0.4, -0.2) is 51.6 Å². The molecule has 35 heavy (non-hydrogen) atoms. The first-order valence-electron chi connectivity index (χ1n) is 12.8. The Labute approximate surface area is 207 Å². The Balaban J connectivity index is 1.32. The second-order valence-electron chi connectivity index (χ2n) is 9.73. The molecule has 3 aromatic carbocycles. The smallest absolute Gasteiger partial charge is 0.210 e. The monoisotopic (exact) mass is 471 g/mol. The lowest BCUT2D eigenvalue weighted by molar-refractivity contribution is -0.454. The van der Waals surface area contributed by atoms with E-state index in [2.05, 4.69) is 40.7 Å². The summed E-state index contributed by atoms with van der Waals surface area (Å²) in [6.07, 6.45) is 5.31. The van der Waals surface area contributed by atoms with Crippen molar-refractivity contribution in [2.24, 2.45) is 0 Å². The van der Waals surface area contributed by atoms with E-state index in [0.29, 0.717) is 6.54 Å². The van der Waals surface area contributed by atoms with Crippen molar-refractivity contribution in [2.45, 2.75) is 45.1 Å². The van der Waals surface area contributed by atoms with E-state index >= 15 is 0 Å². The first-order valence-corrected chi connectivity index (χ1v) is 12.8. The van der Waals surface area contributed by atoms with Crippen LogP contribution in [0.5, 0.6) is 17.2 Å². The van der Waals surface area contributed by atoms with Gasteiger partial charge in [-0.15, -0.1) is 0 Å². The fourth-order valence-electron chi connectivity index (χ4n) is 5.38. The summed E-state index contributed by atoms with van der Waals surface area (Å²) in [5.74, 6) is 1.58. The molecule has 2 aliphatic rings. The first-order chi connectivity index (χ1) is 17.1. The number of hydrogen-bond donors (Lipinski definition) is 2. The van der Waals surface area contributed by atoms with Crippen LogP contribution in [-0.2, 0) is 6.54 Å². The molecular weight excluding hydrogens is 436 g/mol. The fourth-order valence-corrected chi connectivity index (χ4v) is 5.38. The minimum Gasteiger partial charge on any atom is -0.508 e. The number of benzene rings is 3. The van der Waals surface area contributed by atoms with Gasteiger partial charge in [-0.1, -0.05) is 12.8 Å². The molecule has 1 unspecified atom stereocenters. The van der Waals surface area contributed by atoms with Gasteiger partial charge in [0.25, 0.3) is 0 Å². The SMILES string of the molecule is CC1C(c2ccc(O)cc2)=[N+](Cc2ccc(OCCN3CCCCCC3)cc2)c2ccc(O)cc21. The standard InChI is InChI=1S/C30H34N2O3/c1-22-28-20-26(34)12-15-29(28)32(30(22)24-8-10-25(33)11-9-24)21-23-6-13-27(14-7-23)35-19-18-31-16-4-2-3-5-17-31/h6-15,20,22,34H,2-5,16-19,21H2,1H3/p+1. The summed E-state index contributed by atoms with van der Waals surface area (Å²) in [4.78, 5) is 2.52. The topological polar surface area (TPSA) is 55.9 Å². The number of phenols is 2. The maximum atomic E-state index is 10.1. The second-order valence-corrected chi connectivity index (χ2v) is 9.73. The lowest BCUT2D eigenvalue weighted by atomic mass is 9.93. The molecule has 5 rings (SSSR count). The van der Waals surface area contributed by atoms with E-state index in [1.165, 1.54) is 50.0 Å². The molecule has 0 spiro atoms. The molecule has 0 amide bonds. The molecule has 1 saturated heterocycles. The first kappa shape index (κ1) is 23.4. The highest BCUT2D eigenvalue weighted by molar-refractivity contribution is 6.04. The Morgan fingerprint density at radius 3 is 2.26 bits per heavy atom. The van der Waals surface area contributed by atoms with E-state index in [0.717, 1.165) is 35.7 Å². The molecule has 0 saturated carbocycles. The van der Waals surface area contributed by atoms with Gasteiger partial charge in [-0.3, -0.25) is 4.90 Å². The third-order valence-corrected chi connectivity index (χ3v) is 7.27. The van der Waals surface area contributed by atoms with Crippen molar-refractivity contribution >= 4 is 11.4 Å². The minimum absolute atomic E-state index is 0.128. The van der Waals surface area contributed by atoms with Crippen LogP contribution in [0.15, 0.2) is 66.7 Å². The second kappa shape index (κ2) is 10.5. The van der Waals surface area contributed by atoms with Crippen molar-refractivity contribution in [1.29, 1.82) is 0 Å². The van der Waals surface area contributed by atoms with E-state index in [1.807, 2.05) is 24.3 Å². The van der Waals surface area contributed by atoms with Crippen molar-refractivity contribution in [2.75, 3.05) is 26.2 Å². The van der Waals surface area contributed by atoms with Gasteiger partial charge < -0.3 is 14.9 Å². The predicted octanol–water partition coefficient (Wildman–Crippen LogP) is 5.80. The van der Waals surface area contributed by atoms with Crippen molar-refractivity contribution in [1.82, 2.24) is 4.90 Å². The number of likely N-dealkylation sites (tertiary alicyclic amines) is 1. The maximum Gasteiger partial charge on any atom is 0.210 e. The van der Waals surface area contributed by atoms with E-state index < -0.39 is 0 Å². The normalized spacial score (nSPS) is 18.4. The highest BCUT2D eigenvalue weighted by atomic mass is 16.5. The number of ether oxygens (including phenoxy) is 1. The zero-order chi connectivity index (χ0) is 24.2. The van der Waals surface area contributed by atoms with Gasteiger partial charge in [-0.05, 0) is 93.5 Å². The van der Waals surface area contributed by atoms with Crippen LogP contribution in [0.25, 0.3) is 0 Å². The van der Waals surface area contributed by atoms with Gasteiger partial charge >= 0.3 is 0 Å². The summed E-state index contributed by atoms with van der Waals surface area (Å²) in [7, 11) is 0. The highest BCUT2D eigenvalue weighted by Crippen LogP contribution is 2.40. The quantitative estimate of drug-likeness (QED) is 0.428. The lowest BCUT2D eigenvalue weighted by Crippen LogP contribution is -2.29. The van der Waals surface area contributed by atoms with Crippen LogP contribution in [0.2, 0.25) is 0 Å². The predicted molar refractivity (Wildman–Crippen MR) is 139 cm³/mol. The number of aromatic hydroxyl groups is 2. The summed E-state index contributed by atoms with van der Waals surface area (Å²) < 4.78 is 8.37. The third kappa shape index (κ3) is 5.35. The van der Waals surface area contributed by atoms with E-state index in [1.54, 1.807) is 18.2 Å². The van der Waals surface area contributed by atoms with Gasteiger partial charge in [-0.2, -0.15) is 4.58 Å². The molecule has 2 aliphatic heterocycles. The molecule has 5 heteroatoms. The van der Waals surface area contributed by atoms with Crippen molar-refractivity contribution in [3.8, 4) is 17.2 Å². The van der Waals surface area contributed by atoms with Crippen LogP contribution in [0, 0.1) is 0 Å². The molecule has 182 valence electrons. The third-order valence-electron chi connectivity index (χ3n) is 7.27. The van der Waals surface area contributed by atoms with Crippen molar-refractivity contribution in [3.05, 3.63) is 83.4 Å². The summed E-state index contributed by atoms with van der Waals surface area (Å²) in [6.45, 7) is 6.97. The number of phenolic OH excluding ortho intramolecular Hbond substituents is 2. The Morgan fingerprint density at radius 1 is 0.857 bits per heavy atom. The van der Waals surface area contributed by atoms with Crippen LogP contribution >= 0.6 is 0 Å². The van der Waals surface area contributed by atoms with Crippen LogP contribution < -0.4 is 4.74 Å². The molecule has 0 radical (unpaired) electrons. The van der Waals surface area contributed by atoms with E-state index in [4.69, 9.17) is 4.74 Å². The number of nitrogens with zero attached hydrogens (tertiary/aromatic N) is 2. The van der Waals surface area contributed by atoms with Gasteiger partial charge in [0.05, 0.1) is 5.92 Å². The van der Waals surface area contributed by atoms with Gasteiger partial charge in [0.15, 0.2) is 12.3 Å². The van der Waals surface area contributed by atoms with Crippen LogP contribution in [0.4, 0.5) is 5.69 Å². The highest BCUT2D eigenvalue weighted by Gasteiger charge is 2.37.